The molecule has 0 radical (unpaired) electrons. The number of hydrogen-bond donors (Lipinski definition) is 1. The van der Waals surface area contributed by atoms with Crippen LogP contribution >= 0.6 is 23.4 Å². The van der Waals surface area contributed by atoms with E-state index in [0.717, 1.165) is 23.6 Å². The van der Waals surface area contributed by atoms with Gasteiger partial charge in [0.2, 0.25) is 0 Å². The maximum absolute atomic E-state index is 10.9. The van der Waals surface area contributed by atoms with Crippen LogP contribution in [0.3, 0.4) is 0 Å². The third-order valence-corrected chi connectivity index (χ3v) is 4.82. The smallest absolute Gasteiger partial charge is 0.304 e. The molecule has 0 aliphatic carbocycles. The van der Waals surface area contributed by atoms with Gasteiger partial charge in [-0.3, -0.25) is 19.8 Å². The van der Waals surface area contributed by atoms with Gasteiger partial charge < -0.3 is 5.11 Å². The van der Waals surface area contributed by atoms with Crippen molar-refractivity contribution in [2.24, 2.45) is 0 Å². The Hall–Kier alpha value is -1.31. The summed E-state index contributed by atoms with van der Waals surface area (Å²) in [6, 6.07) is 4.36. The lowest BCUT2D eigenvalue weighted by molar-refractivity contribution is -0.384. The monoisotopic (exact) mass is 330 g/mol. The van der Waals surface area contributed by atoms with Gasteiger partial charge in [-0.2, -0.15) is 11.8 Å². The minimum Gasteiger partial charge on any atom is -0.481 e. The normalized spacial score (nSPS) is 19.4. The molecule has 8 heteroatoms. The van der Waals surface area contributed by atoms with Crippen LogP contribution in [0.1, 0.15) is 12.0 Å². The third-order valence-electron chi connectivity index (χ3n) is 3.38. The van der Waals surface area contributed by atoms with Gasteiger partial charge in [0.1, 0.15) is 0 Å². The molecule has 1 N–H and O–H groups in total. The first-order valence-corrected chi connectivity index (χ1v) is 7.97. The summed E-state index contributed by atoms with van der Waals surface area (Å²) >= 11 is 7.84. The predicted octanol–water partition coefficient (Wildman–Crippen LogP) is 2.64. The van der Waals surface area contributed by atoms with Crippen molar-refractivity contribution >= 4 is 35.0 Å². The minimum absolute atomic E-state index is 0.0347. The first-order valence-electron chi connectivity index (χ1n) is 6.44. The number of aliphatic carboxylic acids is 1. The number of halogens is 1. The number of hydrogen-bond acceptors (Lipinski definition) is 5. The second kappa shape index (κ2) is 7.11. The SMILES string of the molecule is O=C(O)CC1CSCCN1Cc1ccc([N+](=O)[O-])cc1Cl. The van der Waals surface area contributed by atoms with Gasteiger partial charge in [0.05, 0.1) is 16.4 Å². The predicted molar refractivity (Wildman–Crippen MR) is 81.9 cm³/mol. The number of carboxylic acid groups (broad SMARTS) is 1. The molecule has 1 heterocycles. The largest absolute Gasteiger partial charge is 0.481 e. The molecule has 0 bridgehead atoms. The Morgan fingerprint density at radius 3 is 2.95 bits per heavy atom. The molecule has 1 unspecified atom stereocenters. The lowest BCUT2D eigenvalue weighted by Gasteiger charge is -2.34. The van der Waals surface area contributed by atoms with Crippen molar-refractivity contribution in [2.75, 3.05) is 18.1 Å². The molecule has 0 aromatic heterocycles. The molecule has 6 nitrogen and oxygen atoms in total. The molecule has 1 aliphatic heterocycles. The first-order chi connectivity index (χ1) is 9.97. The van der Waals surface area contributed by atoms with E-state index in [4.69, 9.17) is 16.7 Å². The Bertz CT molecular complexity index is 555. The van der Waals surface area contributed by atoms with Gasteiger partial charge in [-0.1, -0.05) is 11.6 Å². The van der Waals surface area contributed by atoms with Crippen LogP contribution in [0.2, 0.25) is 5.02 Å². The van der Waals surface area contributed by atoms with Crippen molar-refractivity contribution in [3.63, 3.8) is 0 Å². The van der Waals surface area contributed by atoms with E-state index in [9.17, 15) is 14.9 Å². The van der Waals surface area contributed by atoms with Crippen molar-refractivity contribution < 1.29 is 14.8 Å². The first kappa shape index (κ1) is 16.1. The van der Waals surface area contributed by atoms with Crippen LogP contribution in [0.25, 0.3) is 0 Å². The van der Waals surface area contributed by atoms with Crippen molar-refractivity contribution in [3.05, 3.63) is 38.9 Å². The molecule has 1 aromatic carbocycles. The summed E-state index contributed by atoms with van der Waals surface area (Å²) in [5.74, 6) is 0.903. The maximum atomic E-state index is 10.9. The van der Waals surface area contributed by atoms with E-state index in [2.05, 4.69) is 4.90 Å². The molecule has 1 aliphatic rings. The molecule has 21 heavy (non-hydrogen) atoms. The second-order valence-electron chi connectivity index (χ2n) is 4.83. The number of non-ortho nitro benzene ring substituents is 1. The standard InChI is InChI=1S/C13H15ClN2O4S/c14-12-5-10(16(19)20)2-1-9(12)7-15-3-4-21-8-11(15)6-13(17)18/h1-2,5,11H,3-4,6-8H2,(H,17,18). The number of carbonyl (C=O) groups is 1. The van der Waals surface area contributed by atoms with Crippen molar-refractivity contribution in [1.29, 1.82) is 0 Å². The summed E-state index contributed by atoms with van der Waals surface area (Å²) < 4.78 is 0. The fraction of sp³-hybridized carbons (Fsp3) is 0.462. The Labute approximate surface area is 131 Å². The van der Waals surface area contributed by atoms with Crippen LogP contribution in [0, 0.1) is 10.1 Å². The molecule has 1 saturated heterocycles. The summed E-state index contributed by atoms with van der Waals surface area (Å²) in [7, 11) is 0. The lowest BCUT2D eigenvalue weighted by atomic mass is 10.1. The number of nitro groups is 1. The van der Waals surface area contributed by atoms with Crippen molar-refractivity contribution in [2.45, 2.75) is 19.0 Å². The molecule has 114 valence electrons. The zero-order valence-electron chi connectivity index (χ0n) is 11.2. The highest BCUT2D eigenvalue weighted by atomic mass is 35.5. The van der Waals surface area contributed by atoms with E-state index in [0.29, 0.717) is 11.6 Å². The molecule has 0 amide bonds. The van der Waals surface area contributed by atoms with Gasteiger partial charge in [-0.15, -0.1) is 0 Å². The van der Waals surface area contributed by atoms with E-state index in [-0.39, 0.29) is 18.2 Å². The number of thioether (sulfide) groups is 1. The van der Waals surface area contributed by atoms with Crippen LogP contribution in [-0.4, -0.2) is 45.0 Å². The zero-order chi connectivity index (χ0) is 15.4. The van der Waals surface area contributed by atoms with Crippen LogP contribution < -0.4 is 0 Å². The highest BCUT2D eigenvalue weighted by molar-refractivity contribution is 7.99. The van der Waals surface area contributed by atoms with Crippen LogP contribution in [-0.2, 0) is 11.3 Å². The van der Waals surface area contributed by atoms with Gasteiger partial charge in [0.25, 0.3) is 5.69 Å². The molecule has 2 rings (SSSR count). The zero-order valence-corrected chi connectivity index (χ0v) is 12.8. The molecular weight excluding hydrogens is 316 g/mol. The van der Waals surface area contributed by atoms with Crippen molar-refractivity contribution in [1.82, 2.24) is 4.90 Å². The van der Waals surface area contributed by atoms with Gasteiger partial charge in [0.15, 0.2) is 0 Å². The molecule has 1 fully saturated rings. The Balaban J connectivity index is 2.11. The average Bonchev–Trinajstić information content (AvgIpc) is 2.42. The number of nitrogens with zero attached hydrogens (tertiary/aromatic N) is 2. The molecule has 1 atom stereocenters. The quantitative estimate of drug-likeness (QED) is 0.660. The highest BCUT2D eigenvalue weighted by Crippen LogP contribution is 2.27. The highest BCUT2D eigenvalue weighted by Gasteiger charge is 2.25. The topological polar surface area (TPSA) is 83.7 Å². The Morgan fingerprint density at radius 1 is 1.57 bits per heavy atom. The Kier molecular flexibility index (Phi) is 5.44. The Morgan fingerprint density at radius 2 is 2.33 bits per heavy atom. The third kappa shape index (κ3) is 4.33. The van der Waals surface area contributed by atoms with Gasteiger partial charge >= 0.3 is 5.97 Å². The maximum Gasteiger partial charge on any atom is 0.304 e. The number of rotatable bonds is 5. The second-order valence-corrected chi connectivity index (χ2v) is 6.39. The van der Waals surface area contributed by atoms with E-state index in [1.54, 1.807) is 17.8 Å². The van der Waals surface area contributed by atoms with Crippen LogP contribution in [0.4, 0.5) is 5.69 Å². The van der Waals surface area contributed by atoms with Crippen LogP contribution in [0.5, 0.6) is 0 Å². The molecular formula is C13H15ClN2O4S. The molecule has 1 aromatic rings. The number of benzene rings is 1. The van der Waals surface area contributed by atoms with E-state index >= 15 is 0 Å². The summed E-state index contributed by atoms with van der Waals surface area (Å²) in [6.45, 7) is 1.30. The van der Waals surface area contributed by atoms with Crippen LogP contribution in [0.15, 0.2) is 18.2 Å². The van der Waals surface area contributed by atoms with Gasteiger partial charge in [-0.05, 0) is 11.6 Å². The average molecular weight is 331 g/mol. The number of carboxylic acids is 1. The van der Waals surface area contributed by atoms with E-state index in [1.807, 2.05) is 0 Å². The van der Waals surface area contributed by atoms with Gasteiger partial charge in [-0.25, -0.2) is 0 Å². The number of nitro benzene ring substituents is 1. The molecule has 0 spiro atoms. The fourth-order valence-electron chi connectivity index (χ4n) is 2.28. The van der Waals surface area contributed by atoms with E-state index < -0.39 is 10.9 Å². The fourth-order valence-corrected chi connectivity index (χ4v) is 3.65. The van der Waals surface area contributed by atoms with Crippen molar-refractivity contribution in [3.8, 4) is 0 Å². The lowest BCUT2D eigenvalue weighted by Crippen LogP contribution is -2.43. The molecule has 0 saturated carbocycles. The summed E-state index contributed by atoms with van der Waals surface area (Å²) in [6.07, 6.45) is 0.0948. The summed E-state index contributed by atoms with van der Waals surface area (Å²) in [5, 5.41) is 20.0. The summed E-state index contributed by atoms with van der Waals surface area (Å²) in [5.41, 5.74) is 0.740. The summed E-state index contributed by atoms with van der Waals surface area (Å²) in [4.78, 5) is 23.2. The minimum atomic E-state index is -0.817. The van der Waals surface area contributed by atoms with Gasteiger partial charge in [0, 0.05) is 42.8 Å². The van der Waals surface area contributed by atoms with E-state index in [1.165, 1.54) is 12.1 Å².